The third kappa shape index (κ3) is 6.79. The van der Waals surface area contributed by atoms with Gasteiger partial charge in [-0.1, -0.05) is 89.7 Å². The van der Waals surface area contributed by atoms with E-state index in [4.69, 9.17) is 0 Å². The first-order chi connectivity index (χ1) is 9.20. The van der Waals surface area contributed by atoms with Crippen LogP contribution in [-0.2, 0) is 0 Å². The fourth-order valence-electron chi connectivity index (χ4n) is 3.25. The van der Waals surface area contributed by atoms with Gasteiger partial charge in [0.15, 0.2) is 0 Å². The highest BCUT2D eigenvalue weighted by atomic mass is 28.3. The van der Waals surface area contributed by atoms with Crippen LogP contribution >= 0.6 is 0 Å². The van der Waals surface area contributed by atoms with Gasteiger partial charge in [0.1, 0.15) is 0 Å². The minimum Gasteiger partial charge on any atom is -0.0891 e. The van der Waals surface area contributed by atoms with Crippen LogP contribution in [0.5, 0.6) is 0 Å². The van der Waals surface area contributed by atoms with E-state index in [9.17, 15) is 0 Å². The number of hydrogen-bond donors (Lipinski definition) is 0. The molecule has 0 spiro atoms. The second-order valence-electron chi connectivity index (χ2n) is 6.02. The number of hydrogen-bond acceptors (Lipinski definition) is 0. The van der Waals surface area contributed by atoms with Gasteiger partial charge < -0.3 is 0 Å². The fraction of sp³-hybridized carbons (Fsp3) is 0.889. The summed E-state index contributed by atoms with van der Waals surface area (Å²) in [6.45, 7) is 11.9. The maximum atomic E-state index is 2.67. The largest absolute Gasteiger partial charge is 0.0891 e. The Labute approximate surface area is 124 Å². The van der Waals surface area contributed by atoms with Crippen molar-refractivity contribution in [1.29, 1.82) is 0 Å². The maximum absolute atomic E-state index is 2.67. The van der Waals surface area contributed by atoms with Crippen LogP contribution in [0.1, 0.15) is 86.0 Å². The average molecular weight is 283 g/mol. The Bertz CT molecular complexity index is 218. The number of rotatable bonds is 12. The lowest BCUT2D eigenvalue weighted by Crippen LogP contribution is -2.34. The molecule has 0 aliphatic carbocycles. The molecule has 0 nitrogen and oxygen atoms in total. The van der Waals surface area contributed by atoms with Crippen molar-refractivity contribution in [2.24, 2.45) is 0 Å². The quantitative estimate of drug-likeness (QED) is 0.264. The molecule has 0 aromatic heterocycles. The molecule has 19 heavy (non-hydrogen) atoms. The van der Waals surface area contributed by atoms with Crippen LogP contribution in [0.25, 0.3) is 0 Å². The molecule has 0 amide bonds. The fourth-order valence-corrected chi connectivity index (χ4v) is 7.40. The molecule has 0 atom stereocenters. The third-order valence-corrected chi connectivity index (χ3v) is 10.8. The minimum absolute atomic E-state index is 1.10. The minimum atomic E-state index is -1.10. The molecule has 0 bridgehead atoms. The Balaban J connectivity index is 4.70. The van der Waals surface area contributed by atoms with Crippen LogP contribution in [0.4, 0.5) is 0 Å². The summed E-state index contributed by atoms with van der Waals surface area (Å²) in [6, 6.07) is 4.35. The molecule has 0 fully saturated rings. The van der Waals surface area contributed by atoms with Crippen LogP contribution in [0.3, 0.4) is 0 Å². The molecule has 0 aromatic carbocycles. The van der Waals surface area contributed by atoms with Crippen molar-refractivity contribution in [1.82, 2.24) is 0 Å². The first-order valence-electron chi connectivity index (χ1n) is 8.90. The van der Waals surface area contributed by atoms with Gasteiger partial charge in [0.25, 0.3) is 0 Å². The van der Waals surface area contributed by atoms with E-state index in [0.717, 1.165) is 0 Å². The highest BCUT2D eigenvalue weighted by Gasteiger charge is 2.30. The second kappa shape index (κ2) is 11.8. The SMILES string of the molecule is CCCCC/C=C(/CCCCC)[Si](CC)(CC)CC. The van der Waals surface area contributed by atoms with Crippen LogP contribution in [0.2, 0.25) is 18.1 Å². The van der Waals surface area contributed by atoms with Gasteiger partial charge in [-0.25, -0.2) is 0 Å². The Morgan fingerprint density at radius 3 is 1.74 bits per heavy atom. The molecule has 0 radical (unpaired) electrons. The molecule has 0 aliphatic rings. The van der Waals surface area contributed by atoms with E-state index in [-0.39, 0.29) is 0 Å². The van der Waals surface area contributed by atoms with Gasteiger partial charge in [-0.15, -0.1) is 0 Å². The Kier molecular flexibility index (Phi) is 11.7. The van der Waals surface area contributed by atoms with E-state index in [1.165, 1.54) is 69.5 Å². The van der Waals surface area contributed by atoms with E-state index >= 15 is 0 Å². The lowest BCUT2D eigenvalue weighted by atomic mass is 10.1. The van der Waals surface area contributed by atoms with Crippen molar-refractivity contribution in [3.8, 4) is 0 Å². The Morgan fingerprint density at radius 1 is 0.737 bits per heavy atom. The molecule has 0 aromatic rings. The number of allylic oxidation sites excluding steroid dienone is 2. The van der Waals surface area contributed by atoms with Gasteiger partial charge in [0.2, 0.25) is 0 Å². The van der Waals surface area contributed by atoms with Gasteiger partial charge in [-0.05, 0) is 25.7 Å². The predicted octanol–water partition coefficient (Wildman–Crippen LogP) is 7.12. The predicted molar refractivity (Wildman–Crippen MR) is 93.6 cm³/mol. The molecule has 1 heteroatoms. The maximum Gasteiger partial charge on any atom is 0.0803 e. The molecule has 0 unspecified atom stereocenters. The monoisotopic (exact) mass is 282 g/mol. The molecular formula is C18H38Si. The van der Waals surface area contributed by atoms with Gasteiger partial charge in [-0.2, -0.15) is 0 Å². The van der Waals surface area contributed by atoms with Gasteiger partial charge in [-0.3, -0.25) is 0 Å². The van der Waals surface area contributed by atoms with E-state index in [1.807, 2.05) is 5.20 Å². The zero-order valence-corrected chi connectivity index (χ0v) is 15.4. The van der Waals surface area contributed by atoms with Crippen LogP contribution in [-0.4, -0.2) is 8.07 Å². The molecule has 0 aliphatic heterocycles. The third-order valence-electron chi connectivity index (χ3n) is 4.96. The summed E-state index contributed by atoms with van der Waals surface area (Å²) in [5.74, 6) is 0. The summed E-state index contributed by atoms with van der Waals surface area (Å²) in [7, 11) is -1.10. The summed E-state index contributed by atoms with van der Waals surface area (Å²) < 4.78 is 0. The van der Waals surface area contributed by atoms with Gasteiger partial charge >= 0.3 is 0 Å². The lowest BCUT2D eigenvalue weighted by Gasteiger charge is -2.32. The highest BCUT2D eigenvalue weighted by Crippen LogP contribution is 2.32. The molecule has 0 heterocycles. The number of unbranched alkanes of at least 4 members (excludes halogenated alkanes) is 5. The van der Waals surface area contributed by atoms with E-state index in [2.05, 4.69) is 40.7 Å². The standard InChI is InChI=1S/C18H38Si/c1-6-11-13-15-17-18(16-14-12-7-2)19(8-3,9-4)10-5/h17H,6-16H2,1-5H3/b18-17-. The van der Waals surface area contributed by atoms with Crippen molar-refractivity contribution >= 4 is 8.07 Å². The Hall–Kier alpha value is -0.0431. The van der Waals surface area contributed by atoms with Crippen LogP contribution < -0.4 is 0 Å². The molecule has 0 saturated carbocycles. The first-order valence-corrected chi connectivity index (χ1v) is 11.5. The molecule has 0 N–H and O–H groups in total. The Morgan fingerprint density at radius 2 is 1.26 bits per heavy atom. The van der Waals surface area contributed by atoms with Gasteiger partial charge in [0, 0.05) is 0 Å². The summed E-state index contributed by atoms with van der Waals surface area (Å²) in [4.78, 5) is 0. The zero-order chi connectivity index (χ0) is 14.6. The van der Waals surface area contributed by atoms with Crippen LogP contribution in [0, 0.1) is 0 Å². The highest BCUT2D eigenvalue weighted by molar-refractivity contribution is 6.86. The molecule has 114 valence electrons. The lowest BCUT2D eigenvalue weighted by molar-refractivity contribution is 0.708. The summed E-state index contributed by atoms with van der Waals surface area (Å²) >= 11 is 0. The molecular weight excluding hydrogens is 244 g/mol. The zero-order valence-electron chi connectivity index (χ0n) is 14.4. The van der Waals surface area contributed by atoms with Crippen molar-refractivity contribution in [2.45, 2.75) is 104 Å². The van der Waals surface area contributed by atoms with E-state index in [0.29, 0.717) is 0 Å². The summed E-state index contributed by atoms with van der Waals surface area (Å²) in [5.41, 5.74) is 0. The van der Waals surface area contributed by atoms with Crippen molar-refractivity contribution in [2.75, 3.05) is 0 Å². The smallest absolute Gasteiger partial charge is 0.0803 e. The molecule has 0 rings (SSSR count). The van der Waals surface area contributed by atoms with Crippen LogP contribution in [0.15, 0.2) is 11.3 Å². The average Bonchev–Trinajstić information content (AvgIpc) is 2.45. The van der Waals surface area contributed by atoms with Gasteiger partial charge in [0.05, 0.1) is 8.07 Å². The normalized spacial score (nSPS) is 13.0. The second-order valence-corrected chi connectivity index (χ2v) is 11.3. The molecule has 0 saturated heterocycles. The van der Waals surface area contributed by atoms with E-state index in [1.54, 1.807) is 0 Å². The van der Waals surface area contributed by atoms with Crippen molar-refractivity contribution in [3.63, 3.8) is 0 Å². The van der Waals surface area contributed by atoms with Crippen molar-refractivity contribution < 1.29 is 0 Å². The van der Waals surface area contributed by atoms with E-state index < -0.39 is 8.07 Å². The summed E-state index contributed by atoms with van der Waals surface area (Å²) in [5, 5.41) is 1.92. The first kappa shape index (κ1) is 19.0. The van der Waals surface area contributed by atoms with Crippen molar-refractivity contribution in [3.05, 3.63) is 11.3 Å². The summed E-state index contributed by atoms with van der Waals surface area (Å²) in [6.07, 6.45) is 13.7. The topological polar surface area (TPSA) is 0 Å².